The van der Waals surface area contributed by atoms with E-state index >= 15 is 0 Å². The lowest BCUT2D eigenvalue weighted by atomic mass is 10.3. The number of nitrogens with zero attached hydrogens (tertiary/aromatic N) is 5. The summed E-state index contributed by atoms with van der Waals surface area (Å²) in [5.74, 6) is -1.22. The Hall–Kier alpha value is -3.76. The van der Waals surface area contributed by atoms with Gasteiger partial charge in [-0.15, -0.1) is 0 Å². The van der Waals surface area contributed by atoms with E-state index in [0.717, 1.165) is 4.57 Å². The number of hydrogen-bond donors (Lipinski definition) is 0. The van der Waals surface area contributed by atoms with Gasteiger partial charge in [0.25, 0.3) is 5.56 Å². The third kappa shape index (κ3) is 3.68. The van der Waals surface area contributed by atoms with Gasteiger partial charge in [-0.2, -0.15) is 0 Å². The number of carbonyl (C=O) groups is 2. The SMILES string of the molecule is Cn1c(=O)c2c(ncn2CC(=O)OCCOC(=O)c2cccnc2)n(C)c1=O. The first-order chi connectivity index (χ1) is 13.4. The van der Waals surface area contributed by atoms with E-state index < -0.39 is 23.2 Å². The quantitative estimate of drug-likeness (QED) is 0.398. The fourth-order valence-corrected chi connectivity index (χ4v) is 2.56. The maximum Gasteiger partial charge on any atom is 0.339 e. The molecule has 0 aromatic carbocycles. The summed E-state index contributed by atoms with van der Waals surface area (Å²) < 4.78 is 13.5. The standard InChI is InChI=1S/C17H17N5O6/c1-20-14-13(15(24)21(2)17(20)26)22(10-19-14)9-12(23)27-6-7-28-16(25)11-4-3-5-18-8-11/h3-5,8,10H,6-7,9H2,1-2H3. The van der Waals surface area contributed by atoms with Crippen LogP contribution in [-0.2, 0) is 34.9 Å². The fraction of sp³-hybridized carbons (Fsp3) is 0.294. The Morgan fingerprint density at radius 2 is 1.86 bits per heavy atom. The van der Waals surface area contributed by atoms with Crippen molar-refractivity contribution in [3.8, 4) is 0 Å². The van der Waals surface area contributed by atoms with E-state index in [0.29, 0.717) is 5.56 Å². The van der Waals surface area contributed by atoms with Gasteiger partial charge in [0.05, 0.1) is 11.9 Å². The van der Waals surface area contributed by atoms with Crippen LogP contribution in [0, 0.1) is 0 Å². The second kappa shape index (κ2) is 7.86. The predicted molar refractivity (Wildman–Crippen MR) is 95.7 cm³/mol. The van der Waals surface area contributed by atoms with Crippen molar-refractivity contribution in [3.63, 3.8) is 0 Å². The summed E-state index contributed by atoms with van der Waals surface area (Å²) in [6, 6.07) is 3.16. The van der Waals surface area contributed by atoms with Gasteiger partial charge in [0, 0.05) is 26.5 Å². The molecule has 0 aliphatic carbocycles. The van der Waals surface area contributed by atoms with Gasteiger partial charge in [-0.25, -0.2) is 14.6 Å². The molecule has 0 amide bonds. The normalized spacial score (nSPS) is 10.8. The zero-order valence-corrected chi connectivity index (χ0v) is 15.2. The Morgan fingerprint density at radius 1 is 1.11 bits per heavy atom. The summed E-state index contributed by atoms with van der Waals surface area (Å²) in [5.41, 5.74) is -0.495. The number of pyridine rings is 1. The molecular weight excluding hydrogens is 370 g/mol. The van der Waals surface area contributed by atoms with Crippen LogP contribution in [-0.4, -0.2) is 48.8 Å². The molecule has 0 atom stereocenters. The molecule has 146 valence electrons. The second-order valence-electron chi connectivity index (χ2n) is 5.85. The third-order valence-electron chi connectivity index (χ3n) is 3.99. The van der Waals surface area contributed by atoms with E-state index in [-0.39, 0.29) is 30.9 Å². The molecule has 0 saturated heterocycles. The van der Waals surface area contributed by atoms with Crippen molar-refractivity contribution < 1.29 is 19.1 Å². The molecule has 11 nitrogen and oxygen atoms in total. The molecule has 3 aromatic heterocycles. The van der Waals surface area contributed by atoms with Gasteiger partial charge >= 0.3 is 17.6 Å². The number of ether oxygens (including phenoxy) is 2. The molecule has 0 fully saturated rings. The molecule has 3 aromatic rings. The van der Waals surface area contributed by atoms with Crippen LogP contribution in [0.15, 0.2) is 40.4 Å². The minimum atomic E-state index is -0.646. The van der Waals surface area contributed by atoms with Crippen molar-refractivity contribution in [2.45, 2.75) is 6.54 Å². The Balaban J connectivity index is 1.59. The molecule has 0 aliphatic rings. The highest BCUT2D eigenvalue weighted by molar-refractivity contribution is 5.88. The van der Waals surface area contributed by atoms with Gasteiger partial charge in [0.15, 0.2) is 11.2 Å². The van der Waals surface area contributed by atoms with Crippen LogP contribution >= 0.6 is 0 Å². The number of aryl methyl sites for hydroxylation is 1. The van der Waals surface area contributed by atoms with E-state index in [4.69, 9.17) is 9.47 Å². The molecule has 0 saturated carbocycles. The van der Waals surface area contributed by atoms with E-state index in [9.17, 15) is 19.2 Å². The fourth-order valence-electron chi connectivity index (χ4n) is 2.56. The highest BCUT2D eigenvalue weighted by atomic mass is 16.6. The number of imidazole rings is 1. The molecule has 3 rings (SSSR count). The van der Waals surface area contributed by atoms with Crippen molar-refractivity contribution >= 4 is 23.1 Å². The number of rotatable bonds is 6. The largest absolute Gasteiger partial charge is 0.461 e. The molecule has 28 heavy (non-hydrogen) atoms. The van der Waals surface area contributed by atoms with Crippen molar-refractivity contribution in [1.82, 2.24) is 23.7 Å². The zero-order chi connectivity index (χ0) is 20.3. The highest BCUT2D eigenvalue weighted by Crippen LogP contribution is 2.05. The number of carbonyl (C=O) groups excluding carboxylic acids is 2. The number of aromatic nitrogens is 5. The summed E-state index contributed by atoms with van der Waals surface area (Å²) in [5, 5.41) is 0. The molecular formula is C17H17N5O6. The molecule has 11 heteroatoms. The highest BCUT2D eigenvalue weighted by Gasteiger charge is 2.16. The molecule has 3 heterocycles. The van der Waals surface area contributed by atoms with Crippen LogP contribution in [0.1, 0.15) is 10.4 Å². The molecule has 0 aliphatic heterocycles. The minimum Gasteiger partial charge on any atom is -0.461 e. The smallest absolute Gasteiger partial charge is 0.339 e. The van der Waals surface area contributed by atoms with Crippen LogP contribution in [0.2, 0.25) is 0 Å². The topological polar surface area (TPSA) is 127 Å². The Morgan fingerprint density at radius 3 is 2.57 bits per heavy atom. The predicted octanol–water partition coefficient (Wildman–Crippen LogP) is -0.771. The van der Waals surface area contributed by atoms with Gasteiger partial charge in [-0.1, -0.05) is 0 Å². The average molecular weight is 387 g/mol. The molecule has 0 spiro atoms. The van der Waals surface area contributed by atoms with Crippen molar-refractivity contribution in [2.24, 2.45) is 14.1 Å². The number of fused-ring (bicyclic) bond motifs is 1. The van der Waals surface area contributed by atoms with Gasteiger partial charge in [-0.05, 0) is 12.1 Å². The van der Waals surface area contributed by atoms with Crippen molar-refractivity contribution in [3.05, 3.63) is 57.3 Å². The van der Waals surface area contributed by atoms with Crippen molar-refractivity contribution in [1.29, 1.82) is 0 Å². The maximum atomic E-state index is 12.3. The lowest BCUT2D eigenvalue weighted by molar-refractivity contribution is -0.145. The summed E-state index contributed by atoms with van der Waals surface area (Å²) in [6.45, 7) is -0.547. The van der Waals surface area contributed by atoms with Crippen molar-refractivity contribution in [2.75, 3.05) is 13.2 Å². The molecule has 0 radical (unpaired) electrons. The summed E-state index contributed by atoms with van der Waals surface area (Å²) in [7, 11) is 2.83. The lowest BCUT2D eigenvalue weighted by Crippen LogP contribution is -2.37. The lowest BCUT2D eigenvalue weighted by Gasteiger charge is -2.08. The van der Waals surface area contributed by atoms with E-state index in [1.807, 2.05) is 0 Å². The van der Waals surface area contributed by atoms with E-state index in [1.165, 1.54) is 42.0 Å². The van der Waals surface area contributed by atoms with Gasteiger partial charge in [0.2, 0.25) is 0 Å². The average Bonchev–Trinajstić information content (AvgIpc) is 3.12. The van der Waals surface area contributed by atoms with Crippen LogP contribution in [0.5, 0.6) is 0 Å². The van der Waals surface area contributed by atoms with E-state index in [1.54, 1.807) is 12.1 Å². The Labute approximate surface area is 157 Å². The van der Waals surface area contributed by atoms with Crippen LogP contribution in [0.25, 0.3) is 11.2 Å². The third-order valence-corrected chi connectivity index (χ3v) is 3.99. The van der Waals surface area contributed by atoms with Crippen LogP contribution < -0.4 is 11.2 Å². The summed E-state index contributed by atoms with van der Waals surface area (Å²) >= 11 is 0. The van der Waals surface area contributed by atoms with Crippen LogP contribution in [0.3, 0.4) is 0 Å². The number of hydrogen-bond acceptors (Lipinski definition) is 8. The first-order valence-electron chi connectivity index (χ1n) is 8.23. The van der Waals surface area contributed by atoms with Gasteiger partial charge in [0.1, 0.15) is 19.8 Å². The maximum absolute atomic E-state index is 12.3. The Kier molecular flexibility index (Phi) is 5.34. The Bertz CT molecular complexity index is 1140. The monoisotopic (exact) mass is 387 g/mol. The number of esters is 2. The second-order valence-corrected chi connectivity index (χ2v) is 5.85. The summed E-state index contributed by atoms with van der Waals surface area (Å²) in [4.78, 5) is 55.8. The minimum absolute atomic E-state index is 0.115. The molecule has 0 N–H and O–H groups in total. The van der Waals surface area contributed by atoms with Crippen LogP contribution in [0.4, 0.5) is 0 Å². The van der Waals surface area contributed by atoms with Gasteiger partial charge in [-0.3, -0.25) is 23.7 Å². The van der Waals surface area contributed by atoms with E-state index in [2.05, 4.69) is 9.97 Å². The molecule has 0 bridgehead atoms. The first kappa shape index (κ1) is 19.0. The van der Waals surface area contributed by atoms with Gasteiger partial charge < -0.3 is 14.0 Å². The summed E-state index contributed by atoms with van der Waals surface area (Å²) in [6.07, 6.45) is 4.19. The zero-order valence-electron chi connectivity index (χ0n) is 15.2. The molecule has 0 unspecified atom stereocenters. The first-order valence-corrected chi connectivity index (χ1v) is 8.23.